The predicted molar refractivity (Wildman–Crippen MR) is 59.4 cm³/mol. The molecule has 0 aliphatic rings. The minimum Gasteiger partial charge on any atom is -0.342 e. The Balaban J connectivity index is 2.08. The number of imidazole rings is 1. The number of H-pyrrole nitrogens is 1. The average Bonchev–Trinajstić information content (AvgIpc) is 2.71. The molecular formula is C10H13N5. The van der Waals surface area contributed by atoms with Gasteiger partial charge in [-0.1, -0.05) is 19.4 Å². The van der Waals surface area contributed by atoms with Gasteiger partial charge in [-0.25, -0.2) is 9.97 Å². The number of aromatic nitrogens is 4. The zero-order valence-corrected chi connectivity index (χ0v) is 8.57. The summed E-state index contributed by atoms with van der Waals surface area (Å²) in [5.74, 6) is 0.571. The first-order valence-corrected chi connectivity index (χ1v) is 4.98. The third-order valence-corrected chi connectivity index (χ3v) is 1.96. The second-order valence-electron chi connectivity index (χ2n) is 3.17. The predicted octanol–water partition coefficient (Wildman–Crippen LogP) is 2.08. The van der Waals surface area contributed by atoms with Crippen molar-refractivity contribution in [3.63, 3.8) is 0 Å². The topological polar surface area (TPSA) is 66.5 Å². The highest BCUT2D eigenvalue weighted by Gasteiger charge is 1.98. The molecule has 0 fully saturated rings. The van der Waals surface area contributed by atoms with Gasteiger partial charge in [0, 0.05) is 0 Å². The Bertz CT molecular complexity index is 460. The normalized spacial score (nSPS) is 11.3. The maximum Gasteiger partial charge on any atom is 0.228 e. The van der Waals surface area contributed by atoms with Gasteiger partial charge in [0.25, 0.3) is 0 Å². The fourth-order valence-electron chi connectivity index (χ4n) is 1.19. The van der Waals surface area contributed by atoms with Crippen LogP contribution in [0.1, 0.15) is 19.8 Å². The minimum atomic E-state index is 0.571. The van der Waals surface area contributed by atoms with Gasteiger partial charge in [0.15, 0.2) is 5.65 Å². The highest BCUT2D eigenvalue weighted by Crippen LogP contribution is 2.06. The van der Waals surface area contributed by atoms with Gasteiger partial charge in [0.05, 0.1) is 12.5 Å². The van der Waals surface area contributed by atoms with Crippen molar-refractivity contribution >= 4 is 17.1 Å². The van der Waals surface area contributed by atoms with E-state index in [-0.39, 0.29) is 0 Å². The van der Waals surface area contributed by atoms with Crippen LogP contribution in [0.4, 0.5) is 5.95 Å². The van der Waals surface area contributed by atoms with Crippen LogP contribution in [-0.2, 0) is 0 Å². The van der Waals surface area contributed by atoms with Gasteiger partial charge in [-0.05, 0) is 12.6 Å². The van der Waals surface area contributed by atoms with Gasteiger partial charge in [-0.15, -0.1) is 0 Å². The molecule has 0 amide bonds. The molecule has 15 heavy (non-hydrogen) atoms. The summed E-state index contributed by atoms with van der Waals surface area (Å²) in [5, 5.41) is 3.00. The van der Waals surface area contributed by atoms with E-state index in [0.717, 1.165) is 18.4 Å². The Labute approximate surface area is 87.7 Å². The maximum absolute atomic E-state index is 4.22. The van der Waals surface area contributed by atoms with Gasteiger partial charge in [-0.3, -0.25) is 0 Å². The van der Waals surface area contributed by atoms with E-state index in [0.29, 0.717) is 11.6 Å². The summed E-state index contributed by atoms with van der Waals surface area (Å²) in [6.07, 6.45) is 9.42. The van der Waals surface area contributed by atoms with Crippen molar-refractivity contribution in [2.75, 3.05) is 5.32 Å². The SMILES string of the molecule is CCC/C=C/Nc1ncc2[nH]cnc2n1. The summed E-state index contributed by atoms with van der Waals surface area (Å²) in [7, 11) is 0. The molecule has 0 aliphatic heterocycles. The van der Waals surface area contributed by atoms with Crippen LogP contribution in [0.15, 0.2) is 24.8 Å². The molecule has 2 aromatic heterocycles. The number of rotatable bonds is 4. The number of hydrogen-bond donors (Lipinski definition) is 2. The lowest BCUT2D eigenvalue weighted by molar-refractivity contribution is 0.957. The number of unbranched alkanes of at least 4 members (excludes halogenated alkanes) is 1. The molecule has 0 bridgehead atoms. The Morgan fingerprint density at radius 1 is 1.47 bits per heavy atom. The van der Waals surface area contributed by atoms with Crippen LogP contribution in [0.2, 0.25) is 0 Å². The molecule has 0 aromatic carbocycles. The minimum absolute atomic E-state index is 0.571. The standard InChI is InChI=1S/C10H13N5/c1-2-3-4-5-11-10-12-6-8-9(15-10)14-7-13-8/h4-7H,2-3H2,1H3,(H2,11,12,13,14,15)/b5-4+. The van der Waals surface area contributed by atoms with Crippen LogP contribution in [0.3, 0.4) is 0 Å². The Morgan fingerprint density at radius 2 is 2.40 bits per heavy atom. The fourth-order valence-corrected chi connectivity index (χ4v) is 1.19. The number of anilines is 1. The second kappa shape index (κ2) is 4.54. The molecule has 2 N–H and O–H groups in total. The molecule has 0 aliphatic carbocycles. The first-order chi connectivity index (χ1) is 7.40. The number of nitrogens with zero attached hydrogens (tertiary/aromatic N) is 3. The van der Waals surface area contributed by atoms with Crippen LogP contribution >= 0.6 is 0 Å². The third kappa shape index (κ3) is 2.31. The zero-order chi connectivity index (χ0) is 10.5. The fraction of sp³-hybridized carbons (Fsp3) is 0.300. The molecule has 5 heteroatoms. The average molecular weight is 203 g/mol. The maximum atomic E-state index is 4.22. The van der Waals surface area contributed by atoms with Crippen LogP contribution in [0.5, 0.6) is 0 Å². The van der Waals surface area contributed by atoms with E-state index < -0.39 is 0 Å². The molecule has 78 valence electrons. The van der Waals surface area contributed by atoms with Gasteiger partial charge < -0.3 is 10.3 Å². The van der Waals surface area contributed by atoms with Crippen LogP contribution in [0, 0.1) is 0 Å². The number of allylic oxidation sites excluding steroid dienone is 1. The summed E-state index contributed by atoms with van der Waals surface area (Å²) in [4.78, 5) is 15.3. The quantitative estimate of drug-likeness (QED) is 0.798. The Morgan fingerprint density at radius 3 is 3.27 bits per heavy atom. The van der Waals surface area contributed by atoms with Crippen molar-refractivity contribution in [1.82, 2.24) is 19.9 Å². The molecule has 0 spiro atoms. The number of nitrogens with one attached hydrogen (secondary N) is 2. The van der Waals surface area contributed by atoms with E-state index in [1.165, 1.54) is 0 Å². The lowest BCUT2D eigenvalue weighted by atomic mass is 10.3. The Kier molecular flexibility index (Phi) is 2.92. The second-order valence-corrected chi connectivity index (χ2v) is 3.17. The monoisotopic (exact) mass is 203 g/mol. The van der Waals surface area contributed by atoms with Crippen molar-refractivity contribution in [2.24, 2.45) is 0 Å². The molecule has 0 saturated heterocycles. The van der Waals surface area contributed by atoms with E-state index >= 15 is 0 Å². The first kappa shape index (κ1) is 9.64. The number of aromatic amines is 1. The van der Waals surface area contributed by atoms with E-state index in [2.05, 4.69) is 38.3 Å². The van der Waals surface area contributed by atoms with Gasteiger partial charge in [-0.2, -0.15) is 4.98 Å². The molecular weight excluding hydrogens is 190 g/mol. The van der Waals surface area contributed by atoms with Crippen LogP contribution < -0.4 is 5.32 Å². The van der Waals surface area contributed by atoms with E-state index in [9.17, 15) is 0 Å². The number of fused-ring (bicyclic) bond motifs is 1. The summed E-state index contributed by atoms with van der Waals surface area (Å²) in [5.41, 5.74) is 1.52. The van der Waals surface area contributed by atoms with Crippen molar-refractivity contribution < 1.29 is 0 Å². The lowest BCUT2D eigenvalue weighted by Gasteiger charge is -1.97. The van der Waals surface area contributed by atoms with Crippen molar-refractivity contribution in [2.45, 2.75) is 19.8 Å². The van der Waals surface area contributed by atoms with Crippen molar-refractivity contribution in [3.8, 4) is 0 Å². The molecule has 2 rings (SSSR count). The molecule has 0 saturated carbocycles. The Hall–Kier alpha value is -1.91. The van der Waals surface area contributed by atoms with Crippen molar-refractivity contribution in [1.29, 1.82) is 0 Å². The van der Waals surface area contributed by atoms with Gasteiger partial charge >= 0.3 is 0 Å². The van der Waals surface area contributed by atoms with Gasteiger partial charge in [0.2, 0.25) is 5.95 Å². The van der Waals surface area contributed by atoms with E-state index in [1.54, 1.807) is 12.5 Å². The van der Waals surface area contributed by atoms with Crippen molar-refractivity contribution in [3.05, 3.63) is 24.8 Å². The molecule has 5 nitrogen and oxygen atoms in total. The summed E-state index contributed by atoms with van der Waals surface area (Å²) in [6.45, 7) is 2.14. The van der Waals surface area contributed by atoms with E-state index in [4.69, 9.17) is 0 Å². The molecule has 2 heterocycles. The lowest BCUT2D eigenvalue weighted by Crippen LogP contribution is -1.94. The third-order valence-electron chi connectivity index (χ3n) is 1.96. The first-order valence-electron chi connectivity index (χ1n) is 4.98. The van der Waals surface area contributed by atoms with Crippen LogP contribution in [0.25, 0.3) is 11.2 Å². The summed E-state index contributed by atoms with van der Waals surface area (Å²) in [6, 6.07) is 0. The number of hydrogen-bond acceptors (Lipinski definition) is 4. The van der Waals surface area contributed by atoms with Crippen LogP contribution in [-0.4, -0.2) is 19.9 Å². The highest BCUT2D eigenvalue weighted by molar-refractivity contribution is 5.69. The highest BCUT2D eigenvalue weighted by atomic mass is 15.1. The summed E-state index contributed by atoms with van der Waals surface area (Å²) < 4.78 is 0. The largest absolute Gasteiger partial charge is 0.342 e. The molecule has 0 radical (unpaired) electrons. The summed E-state index contributed by atoms with van der Waals surface area (Å²) >= 11 is 0. The molecule has 0 atom stereocenters. The smallest absolute Gasteiger partial charge is 0.228 e. The zero-order valence-electron chi connectivity index (χ0n) is 8.57. The molecule has 0 unspecified atom stereocenters. The molecule has 2 aromatic rings. The van der Waals surface area contributed by atoms with E-state index in [1.807, 2.05) is 6.20 Å². The van der Waals surface area contributed by atoms with Gasteiger partial charge in [0.1, 0.15) is 5.52 Å².